The summed E-state index contributed by atoms with van der Waals surface area (Å²) in [7, 11) is -1.86. The van der Waals surface area contributed by atoms with Crippen LogP contribution in [0, 0.1) is 0 Å². The molecule has 2 aromatic rings. The molecule has 29 heavy (non-hydrogen) atoms. The van der Waals surface area contributed by atoms with Crippen LogP contribution >= 0.6 is 0 Å². The number of hydrogen-bond acceptors (Lipinski definition) is 6. The normalized spacial score (nSPS) is 10.7. The van der Waals surface area contributed by atoms with Crippen LogP contribution in [-0.4, -0.2) is 53.3 Å². The van der Waals surface area contributed by atoms with Crippen LogP contribution in [0.4, 0.5) is 5.69 Å². The molecule has 0 atom stereocenters. The Morgan fingerprint density at radius 3 is 2.17 bits per heavy atom. The SMILES string of the molecule is COc1ccccc1OCC(=O)NCCNC(=O)c1ccc(NS(C)(=O)=O)cc1. The van der Waals surface area contributed by atoms with Crippen molar-refractivity contribution in [2.75, 3.05) is 37.8 Å². The lowest BCUT2D eigenvalue weighted by molar-refractivity contribution is -0.123. The third kappa shape index (κ3) is 7.70. The maximum absolute atomic E-state index is 12.1. The van der Waals surface area contributed by atoms with Gasteiger partial charge in [0.2, 0.25) is 10.0 Å². The zero-order valence-corrected chi connectivity index (χ0v) is 16.9. The lowest BCUT2D eigenvalue weighted by atomic mass is 10.2. The second kappa shape index (κ2) is 10.3. The first-order valence-corrected chi connectivity index (χ1v) is 10.6. The molecule has 0 fully saturated rings. The molecule has 0 radical (unpaired) electrons. The molecule has 0 aliphatic rings. The van der Waals surface area contributed by atoms with E-state index in [0.29, 0.717) is 22.7 Å². The van der Waals surface area contributed by atoms with Gasteiger partial charge in [0.15, 0.2) is 18.1 Å². The Hall–Kier alpha value is -3.27. The second-order valence-corrected chi connectivity index (χ2v) is 7.75. The molecule has 156 valence electrons. The Morgan fingerprint density at radius 2 is 1.55 bits per heavy atom. The highest BCUT2D eigenvalue weighted by atomic mass is 32.2. The van der Waals surface area contributed by atoms with Crippen LogP contribution in [0.25, 0.3) is 0 Å². The van der Waals surface area contributed by atoms with E-state index in [1.807, 2.05) is 0 Å². The fraction of sp³-hybridized carbons (Fsp3) is 0.263. The summed E-state index contributed by atoms with van der Waals surface area (Å²) < 4.78 is 35.2. The fourth-order valence-corrected chi connectivity index (χ4v) is 2.88. The van der Waals surface area contributed by atoms with Crippen LogP contribution in [0.15, 0.2) is 48.5 Å². The van der Waals surface area contributed by atoms with Gasteiger partial charge in [0, 0.05) is 24.3 Å². The molecule has 0 unspecified atom stereocenters. The molecule has 0 aromatic heterocycles. The summed E-state index contributed by atoms with van der Waals surface area (Å²) >= 11 is 0. The van der Waals surface area contributed by atoms with Crippen LogP contribution in [-0.2, 0) is 14.8 Å². The molecular weight excluding hydrogens is 398 g/mol. The van der Waals surface area contributed by atoms with E-state index in [9.17, 15) is 18.0 Å². The zero-order chi connectivity index (χ0) is 21.3. The summed E-state index contributed by atoms with van der Waals surface area (Å²) in [5.41, 5.74) is 0.737. The molecule has 0 bridgehead atoms. The van der Waals surface area contributed by atoms with Gasteiger partial charge in [-0.2, -0.15) is 0 Å². The topological polar surface area (TPSA) is 123 Å². The van der Waals surface area contributed by atoms with Crippen molar-refractivity contribution in [3.8, 4) is 11.5 Å². The van der Waals surface area contributed by atoms with Crippen molar-refractivity contribution >= 4 is 27.5 Å². The van der Waals surface area contributed by atoms with Gasteiger partial charge in [0.25, 0.3) is 11.8 Å². The van der Waals surface area contributed by atoms with Gasteiger partial charge in [-0.3, -0.25) is 14.3 Å². The molecule has 0 spiro atoms. The maximum Gasteiger partial charge on any atom is 0.258 e. The number of methoxy groups -OCH3 is 1. The minimum Gasteiger partial charge on any atom is -0.493 e. The van der Waals surface area contributed by atoms with E-state index in [1.165, 1.54) is 31.4 Å². The minimum absolute atomic E-state index is 0.177. The Morgan fingerprint density at radius 1 is 0.931 bits per heavy atom. The third-order valence-electron chi connectivity index (χ3n) is 3.61. The average Bonchev–Trinajstić information content (AvgIpc) is 2.69. The van der Waals surface area contributed by atoms with Crippen LogP contribution in [0.5, 0.6) is 11.5 Å². The molecule has 2 amide bonds. The number of amides is 2. The molecule has 0 saturated heterocycles. The first-order valence-electron chi connectivity index (χ1n) is 8.67. The maximum atomic E-state index is 12.1. The molecule has 2 aromatic carbocycles. The van der Waals surface area contributed by atoms with Gasteiger partial charge in [-0.15, -0.1) is 0 Å². The third-order valence-corrected chi connectivity index (χ3v) is 4.22. The van der Waals surface area contributed by atoms with Crippen molar-refractivity contribution in [3.63, 3.8) is 0 Å². The monoisotopic (exact) mass is 421 g/mol. The molecule has 0 heterocycles. The van der Waals surface area contributed by atoms with Crippen LogP contribution in [0.3, 0.4) is 0 Å². The lowest BCUT2D eigenvalue weighted by Crippen LogP contribution is -2.36. The summed E-state index contributed by atoms with van der Waals surface area (Å²) in [6, 6.07) is 13.0. The van der Waals surface area contributed by atoms with Crippen LogP contribution < -0.4 is 24.8 Å². The number of hydrogen-bond donors (Lipinski definition) is 3. The number of sulfonamides is 1. The second-order valence-electron chi connectivity index (χ2n) is 6.00. The molecular formula is C19H23N3O6S. The number of nitrogens with one attached hydrogen (secondary N) is 3. The number of ether oxygens (including phenoxy) is 2. The van der Waals surface area contributed by atoms with Gasteiger partial charge < -0.3 is 20.1 Å². The molecule has 2 rings (SSSR count). The molecule has 9 nitrogen and oxygen atoms in total. The Kier molecular flexibility index (Phi) is 7.84. The van der Waals surface area contributed by atoms with Gasteiger partial charge in [-0.05, 0) is 36.4 Å². The molecule has 3 N–H and O–H groups in total. The number of anilines is 1. The smallest absolute Gasteiger partial charge is 0.258 e. The van der Waals surface area contributed by atoms with E-state index in [-0.39, 0.29) is 31.5 Å². The van der Waals surface area contributed by atoms with Gasteiger partial charge in [0.05, 0.1) is 13.4 Å². The average molecular weight is 421 g/mol. The van der Waals surface area contributed by atoms with Gasteiger partial charge >= 0.3 is 0 Å². The first-order chi connectivity index (χ1) is 13.8. The Labute approximate surface area is 169 Å². The summed E-state index contributed by atoms with van der Waals surface area (Å²) in [5.74, 6) is 0.328. The predicted molar refractivity (Wildman–Crippen MR) is 109 cm³/mol. The van der Waals surface area contributed by atoms with Gasteiger partial charge in [-0.1, -0.05) is 12.1 Å². The van der Waals surface area contributed by atoms with Crippen LogP contribution in [0.1, 0.15) is 10.4 Å². The first kappa shape index (κ1) is 22.0. The predicted octanol–water partition coefficient (Wildman–Crippen LogP) is 0.992. The Bertz CT molecular complexity index is 945. The van der Waals surface area contributed by atoms with E-state index in [0.717, 1.165) is 6.26 Å². The number of carbonyl (C=O) groups excluding carboxylic acids is 2. The van der Waals surface area contributed by atoms with E-state index in [2.05, 4.69) is 15.4 Å². The molecule has 0 saturated carbocycles. The van der Waals surface area contributed by atoms with E-state index < -0.39 is 10.0 Å². The highest BCUT2D eigenvalue weighted by Gasteiger charge is 2.08. The van der Waals surface area contributed by atoms with Crippen molar-refractivity contribution in [2.24, 2.45) is 0 Å². The fourth-order valence-electron chi connectivity index (χ4n) is 2.32. The molecule has 0 aliphatic heterocycles. The quantitative estimate of drug-likeness (QED) is 0.492. The standard InChI is InChI=1S/C19H23N3O6S/c1-27-16-5-3-4-6-17(16)28-13-18(23)20-11-12-21-19(24)14-7-9-15(10-8-14)22-29(2,25)26/h3-10,22H,11-13H2,1-2H3,(H,20,23)(H,21,24). The largest absolute Gasteiger partial charge is 0.493 e. The van der Waals surface area contributed by atoms with E-state index in [4.69, 9.17) is 9.47 Å². The highest BCUT2D eigenvalue weighted by Crippen LogP contribution is 2.25. The van der Waals surface area contributed by atoms with Crippen LogP contribution in [0.2, 0.25) is 0 Å². The number of carbonyl (C=O) groups is 2. The molecule has 0 aliphatic carbocycles. The van der Waals surface area contributed by atoms with Crippen molar-refractivity contribution in [1.29, 1.82) is 0 Å². The minimum atomic E-state index is -3.37. The molecule has 10 heteroatoms. The summed E-state index contributed by atoms with van der Waals surface area (Å²) in [6.07, 6.45) is 1.04. The zero-order valence-electron chi connectivity index (χ0n) is 16.1. The van der Waals surface area contributed by atoms with E-state index in [1.54, 1.807) is 24.3 Å². The summed E-state index contributed by atoms with van der Waals surface area (Å²) in [5, 5.41) is 5.30. The Balaban J connectivity index is 1.70. The van der Waals surface area contributed by atoms with Crippen molar-refractivity contribution < 1.29 is 27.5 Å². The number of rotatable bonds is 10. The van der Waals surface area contributed by atoms with Crippen molar-refractivity contribution in [1.82, 2.24) is 10.6 Å². The van der Waals surface area contributed by atoms with Gasteiger partial charge in [-0.25, -0.2) is 8.42 Å². The van der Waals surface area contributed by atoms with E-state index >= 15 is 0 Å². The van der Waals surface area contributed by atoms with Gasteiger partial charge in [0.1, 0.15) is 0 Å². The number of benzene rings is 2. The van der Waals surface area contributed by atoms with Crippen molar-refractivity contribution in [3.05, 3.63) is 54.1 Å². The highest BCUT2D eigenvalue weighted by molar-refractivity contribution is 7.92. The summed E-state index contributed by atoms with van der Waals surface area (Å²) in [6.45, 7) is 0.277. The van der Waals surface area contributed by atoms with Crippen molar-refractivity contribution in [2.45, 2.75) is 0 Å². The lowest BCUT2D eigenvalue weighted by Gasteiger charge is -2.11. The number of para-hydroxylation sites is 2. The summed E-state index contributed by atoms with van der Waals surface area (Å²) in [4.78, 5) is 23.9.